The highest BCUT2D eigenvalue weighted by Gasteiger charge is 2.07. The van der Waals surface area contributed by atoms with Gasteiger partial charge in [0.2, 0.25) is 0 Å². The third-order valence-corrected chi connectivity index (χ3v) is 2.69. The largest absolute Gasteiger partial charge is 0.497 e. The van der Waals surface area contributed by atoms with E-state index in [1.165, 1.54) is 0 Å². The van der Waals surface area contributed by atoms with E-state index in [-0.39, 0.29) is 13.2 Å². The summed E-state index contributed by atoms with van der Waals surface area (Å²) in [5.41, 5.74) is 1.60. The minimum atomic E-state index is -0.0648. The molecule has 2 aromatic rings. The molecule has 2 rings (SSSR count). The van der Waals surface area contributed by atoms with Crippen molar-refractivity contribution in [2.45, 2.75) is 13.2 Å². The summed E-state index contributed by atoms with van der Waals surface area (Å²) in [6.45, 7) is -0.0959. The number of hydrogen-bond acceptors (Lipinski definition) is 3. The number of fused-ring (bicyclic) bond motifs is 1. The van der Waals surface area contributed by atoms with E-state index in [1.54, 1.807) is 13.2 Å². The number of benzene rings is 2. The number of methoxy groups -OCH3 is 1. The van der Waals surface area contributed by atoms with Crippen LogP contribution in [0.4, 0.5) is 0 Å². The molecule has 2 aromatic carbocycles. The lowest BCUT2D eigenvalue weighted by Crippen LogP contribution is -1.94. The first-order valence-electron chi connectivity index (χ1n) is 5.10. The maximum Gasteiger partial charge on any atom is 0.119 e. The first-order chi connectivity index (χ1) is 7.80. The first kappa shape index (κ1) is 10.9. The fourth-order valence-corrected chi connectivity index (χ4v) is 1.95. The fourth-order valence-electron chi connectivity index (χ4n) is 1.95. The lowest BCUT2D eigenvalue weighted by atomic mass is 9.99. The maximum absolute atomic E-state index is 9.34. The van der Waals surface area contributed by atoms with Crippen molar-refractivity contribution in [3.63, 3.8) is 0 Å². The van der Waals surface area contributed by atoms with Crippen LogP contribution < -0.4 is 4.74 Å². The van der Waals surface area contributed by atoms with Crippen molar-refractivity contribution in [1.29, 1.82) is 0 Å². The summed E-state index contributed by atoms with van der Waals surface area (Å²) in [6, 6.07) is 9.37. The molecule has 0 heterocycles. The molecule has 16 heavy (non-hydrogen) atoms. The Labute approximate surface area is 93.9 Å². The molecule has 84 valence electrons. The lowest BCUT2D eigenvalue weighted by molar-refractivity contribution is 0.278. The maximum atomic E-state index is 9.34. The van der Waals surface area contributed by atoms with Gasteiger partial charge in [-0.15, -0.1) is 0 Å². The van der Waals surface area contributed by atoms with Gasteiger partial charge in [0.15, 0.2) is 0 Å². The molecule has 0 saturated carbocycles. The van der Waals surface area contributed by atoms with Crippen molar-refractivity contribution in [3.8, 4) is 5.75 Å². The van der Waals surface area contributed by atoms with Crippen molar-refractivity contribution in [1.82, 2.24) is 0 Å². The van der Waals surface area contributed by atoms with Crippen LogP contribution in [0.2, 0.25) is 0 Å². The second-order valence-corrected chi connectivity index (χ2v) is 3.62. The molecule has 0 atom stereocenters. The molecule has 0 radical (unpaired) electrons. The van der Waals surface area contributed by atoms with Crippen molar-refractivity contribution in [2.75, 3.05) is 7.11 Å². The molecule has 0 aromatic heterocycles. The minimum Gasteiger partial charge on any atom is -0.497 e. The molecule has 0 aliphatic heterocycles. The van der Waals surface area contributed by atoms with Crippen LogP contribution >= 0.6 is 0 Å². The number of ether oxygens (including phenoxy) is 1. The van der Waals surface area contributed by atoms with Gasteiger partial charge in [0.25, 0.3) is 0 Å². The summed E-state index contributed by atoms with van der Waals surface area (Å²) < 4.78 is 5.16. The van der Waals surface area contributed by atoms with Crippen LogP contribution in [0.5, 0.6) is 5.75 Å². The van der Waals surface area contributed by atoms with E-state index in [9.17, 15) is 10.2 Å². The molecule has 0 aliphatic carbocycles. The summed E-state index contributed by atoms with van der Waals surface area (Å²) >= 11 is 0. The second-order valence-electron chi connectivity index (χ2n) is 3.62. The third-order valence-electron chi connectivity index (χ3n) is 2.69. The highest BCUT2D eigenvalue weighted by atomic mass is 16.5. The van der Waals surface area contributed by atoms with Crippen molar-refractivity contribution >= 4 is 10.8 Å². The van der Waals surface area contributed by atoms with Gasteiger partial charge in [-0.05, 0) is 34.0 Å². The van der Waals surface area contributed by atoms with Gasteiger partial charge in [0.1, 0.15) is 5.75 Å². The molecule has 0 aliphatic rings. The zero-order chi connectivity index (χ0) is 11.5. The highest BCUT2D eigenvalue weighted by molar-refractivity contribution is 5.90. The Morgan fingerprint density at radius 3 is 2.44 bits per heavy atom. The third kappa shape index (κ3) is 1.75. The standard InChI is InChI=1S/C13H14O3/c1-16-12-5-9-3-2-4-10(7-14)13(9)11(6-12)8-15/h2-6,14-15H,7-8H2,1H3. The highest BCUT2D eigenvalue weighted by Crippen LogP contribution is 2.28. The first-order valence-corrected chi connectivity index (χ1v) is 5.10. The Morgan fingerprint density at radius 1 is 1.06 bits per heavy atom. The molecular weight excluding hydrogens is 204 g/mol. The van der Waals surface area contributed by atoms with Crippen molar-refractivity contribution in [3.05, 3.63) is 41.5 Å². The summed E-state index contributed by atoms with van der Waals surface area (Å²) in [6.07, 6.45) is 0. The van der Waals surface area contributed by atoms with Crippen LogP contribution in [0.15, 0.2) is 30.3 Å². The van der Waals surface area contributed by atoms with E-state index < -0.39 is 0 Å². The molecule has 0 saturated heterocycles. The lowest BCUT2D eigenvalue weighted by Gasteiger charge is -2.10. The molecule has 0 fully saturated rings. The van der Waals surface area contributed by atoms with Gasteiger partial charge >= 0.3 is 0 Å². The quantitative estimate of drug-likeness (QED) is 0.826. The van der Waals surface area contributed by atoms with E-state index in [0.717, 1.165) is 21.9 Å². The van der Waals surface area contributed by atoms with E-state index >= 15 is 0 Å². The Bertz CT molecular complexity index is 506. The predicted molar refractivity (Wildman–Crippen MR) is 62.3 cm³/mol. The normalized spacial score (nSPS) is 10.7. The van der Waals surface area contributed by atoms with Crippen molar-refractivity contribution in [2.24, 2.45) is 0 Å². The number of aliphatic hydroxyl groups is 2. The number of rotatable bonds is 3. The number of aliphatic hydroxyl groups excluding tert-OH is 2. The zero-order valence-electron chi connectivity index (χ0n) is 9.10. The average Bonchev–Trinajstić information content (AvgIpc) is 2.36. The van der Waals surface area contributed by atoms with Gasteiger partial charge in [-0.3, -0.25) is 0 Å². The minimum absolute atomic E-state index is 0.0311. The topological polar surface area (TPSA) is 49.7 Å². The van der Waals surface area contributed by atoms with Crippen LogP contribution in [0, 0.1) is 0 Å². The molecule has 0 unspecified atom stereocenters. The van der Waals surface area contributed by atoms with E-state index in [1.807, 2.05) is 24.3 Å². The van der Waals surface area contributed by atoms with Crippen LogP contribution in [-0.4, -0.2) is 17.3 Å². The smallest absolute Gasteiger partial charge is 0.119 e. The molecule has 0 spiro atoms. The summed E-state index contributed by atoms with van der Waals surface area (Å²) in [5.74, 6) is 0.714. The van der Waals surface area contributed by atoms with Crippen molar-refractivity contribution < 1.29 is 14.9 Å². The van der Waals surface area contributed by atoms with Crippen LogP contribution in [0.3, 0.4) is 0 Å². The monoisotopic (exact) mass is 218 g/mol. The Kier molecular flexibility index (Phi) is 3.08. The molecule has 0 bridgehead atoms. The Balaban J connectivity index is 2.78. The summed E-state index contributed by atoms with van der Waals surface area (Å²) in [7, 11) is 1.60. The molecule has 3 nitrogen and oxygen atoms in total. The van der Waals surface area contributed by atoms with Gasteiger partial charge in [0, 0.05) is 0 Å². The molecule has 2 N–H and O–H groups in total. The summed E-state index contributed by atoms with van der Waals surface area (Å²) in [5, 5.41) is 20.5. The molecule has 0 amide bonds. The van der Waals surface area contributed by atoms with Gasteiger partial charge in [0.05, 0.1) is 20.3 Å². The van der Waals surface area contributed by atoms with Crippen LogP contribution in [0.25, 0.3) is 10.8 Å². The average molecular weight is 218 g/mol. The Hall–Kier alpha value is -1.58. The van der Waals surface area contributed by atoms with E-state index in [2.05, 4.69) is 0 Å². The van der Waals surface area contributed by atoms with Crippen LogP contribution in [-0.2, 0) is 13.2 Å². The second kappa shape index (κ2) is 4.51. The molecule has 3 heteroatoms. The van der Waals surface area contributed by atoms with Gasteiger partial charge in [-0.1, -0.05) is 18.2 Å². The van der Waals surface area contributed by atoms with Gasteiger partial charge in [-0.2, -0.15) is 0 Å². The van der Waals surface area contributed by atoms with Gasteiger partial charge in [-0.25, -0.2) is 0 Å². The van der Waals surface area contributed by atoms with E-state index in [0.29, 0.717) is 5.75 Å². The Morgan fingerprint density at radius 2 is 1.81 bits per heavy atom. The predicted octanol–water partition coefficient (Wildman–Crippen LogP) is 1.83. The van der Waals surface area contributed by atoms with Crippen LogP contribution in [0.1, 0.15) is 11.1 Å². The fraction of sp³-hybridized carbons (Fsp3) is 0.231. The molecular formula is C13H14O3. The zero-order valence-corrected chi connectivity index (χ0v) is 9.10. The van der Waals surface area contributed by atoms with E-state index in [4.69, 9.17) is 4.74 Å². The SMILES string of the molecule is COc1cc(CO)c2c(CO)cccc2c1. The summed E-state index contributed by atoms with van der Waals surface area (Å²) in [4.78, 5) is 0. The number of hydrogen-bond donors (Lipinski definition) is 2. The van der Waals surface area contributed by atoms with Gasteiger partial charge < -0.3 is 14.9 Å².